The quantitative estimate of drug-likeness (QED) is 0.349. The van der Waals surface area contributed by atoms with E-state index in [2.05, 4.69) is 14.9 Å². The molecule has 1 unspecified atom stereocenters. The fraction of sp³-hybridized carbons (Fsp3) is 0.250. The third-order valence-electron chi connectivity index (χ3n) is 4.39. The summed E-state index contributed by atoms with van der Waals surface area (Å²) in [6.45, 7) is 0. The Morgan fingerprint density at radius 1 is 1.30 bits per heavy atom. The monoisotopic (exact) mass is 468 g/mol. The summed E-state index contributed by atoms with van der Waals surface area (Å²) in [4.78, 5) is 25.8. The molecule has 0 saturated carbocycles. The Bertz CT molecular complexity index is 958. The average molecular weight is 469 g/mol. The lowest BCUT2D eigenvalue weighted by Gasteiger charge is -2.13. The molecule has 3 rings (SSSR count). The summed E-state index contributed by atoms with van der Waals surface area (Å²) in [7, 11) is 1.29. The summed E-state index contributed by atoms with van der Waals surface area (Å²) in [5, 5.41) is 2.22. The molecule has 10 heteroatoms. The lowest BCUT2D eigenvalue weighted by atomic mass is 10.1. The van der Waals surface area contributed by atoms with Crippen molar-refractivity contribution in [3.05, 3.63) is 59.4 Å². The maximum atomic E-state index is 14.5. The van der Waals surface area contributed by atoms with Crippen LogP contribution in [-0.4, -0.2) is 34.6 Å². The van der Waals surface area contributed by atoms with Crippen molar-refractivity contribution in [1.82, 2.24) is 10.2 Å². The number of esters is 1. The average Bonchev–Trinajstić information content (AvgIpc) is 3.05. The lowest BCUT2D eigenvalue weighted by molar-refractivity contribution is -0.142. The van der Waals surface area contributed by atoms with E-state index in [0.29, 0.717) is 28.5 Å². The minimum absolute atomic E-state index is 0.0698. The Morgan fingerprint density at radius 3 is 2.57 bits per heavy atom. The van der Waals surface area contributed by atoms with Gasteiger partial charge in [0.05, 0.1) is 12.4 Å². The molecule has 2 N–H and O–H groups in total. The van der Waals surface area contributed by atoms with E-state index < -0.39 is 17.8 Å². The summed E-state index contributed by atoms with van der Waals surface area (Å²) in [6.07, 6.45) is 0.703. The van der Waals surface area contributed by atoms with Gasteiger partial charge in [-0.05, 0) is 60.0 Å². The predicted octanol–water partition coefficient (Wildman–Crippen LogP) is 3.50. The number of thiocarbonyl (C=S) groups is 1. The van der Waals surface area contributed by atoms with Gasteiger partial charge in [-0.2, -0.15) is 0 Å². The molecule has 1 heterocycles. The third kappa shape index (κ3) is 5.69. The SMILES string of the molecule is COC(=O)[C@H](Cc1ccc(Oc2ccc(CC3SC(=S)NC3=O)cc2F)cc1)NCl. The first-order valence-electron chi connectivity index (χ1n) is 8.90. The largest absolute Gasteiger partial charge is 0.468 e. The molecule has 0 aromatic heterocycles. The topological polar surface area (TPSA) is 76.7 Å². The Morgan fingerprint density at radius 2 is 2.00 bits per heavy atom. The molecule has 1 aliphatic rings. The van der Waals surface area contributed by atoms with Gasteiger partial charge in [0.1, 0.15) is 16.1 Å². The second-order valence-corrected chi connectivity index (χ2v) is 8.58. The molecular weight excluding hydrogens is 451 g/mol. The Labute approximate surface area is 187 Å². The number of halogens is 2. The molecule has 0 radical (unpaired) electrons. The van der Waals surface area contributed by atoms with Crippen LogP contribution in [-0.2, 0) is 27.2 Å². The maximum Gasteiger partial charge on any atom is 0.324 e. The molecule has 1 saturated heterocycles. The molecule has 30 heavy (non-hydrogen) atoms. The van der Waals surface area contributed by atoms with Gasteiger partial charge in [-0.3, -0.25) is 9.59 Å². The highest BCUT2D eigenvalue weighted by Crippen LogP contribution is 2.28. The lowest BCUT2D eigenvalue weighted by Crippen LogP contribution is -2.33. The van der Waals surface area contributed by atoms with Gasteiger partial charge in [-0.15, -0.1) is 0 Å². The highest BCUT2D eigenvalue weighted by Gasteiger charge is 2.29. The molecule has 0 spiro atoms. The summed E-state index contributed by atoms with van der Waals surface area (Å²) < 4.78 is 25.2. The molecular formula is C20H18ClFN2O4S2. The number of carbonyl (C=O) groups excluding carboxylic acids is 2. The van der Waals surface area contributed by atoms with Crippen LogP contribution in [0.1, 0.15) is 11.1 Å². The second-order valence-electron chi connectivity index (χ2n) is 6.49. The number of thioether (sulfide) groups is 1. The molecule has 2 aromatic rings. The van der Waals surface area contributed by atoms with Gasteiger partial charge in [-0.25, -0.2) is 9.23 Å². The molecule has 6 nitrogen and oxygen atoms in total. The number of benzene rings is 2. The van der Waals surface area contributed by atoms with Gasteiger partial charge in [0.25, 0.3) is 0 Å². The van der Waals surface area contributed by atoms with E-state index in [9.17, 15) is 14.0 Å². The van der Waals surface area contributed by atoms with Crippen LogP contribution >= 0.6 is 35.8 Å². The van der Waals surface area contributed by atoms with Crippen LogP contribution in [0.5, 0.6) is 11.5 Å². The smallest absolute Gasteiger partial charge is 0.324 e. The highest BCUT2D eigenvalue weighted by atomic mass is 35.5. The van der Waals surface area contributed by atoms with Crippen molar-refractivity contribution >= 4 is 52.0 Å². The summed E-state index contributed by atoms with van der Waals surface area (Å²) in [6, 6.07) is 10.8. The van der Waals surface area contributed by atoms with Crippen molar-refractivity contribution in [3.63, 3.8) is 0 Å². The van der Waals surface area contributed by atoms with E-state index in [4.69, 9.17) is 28.7 Å². The van der Waals surface area contributed by atoms with E-state index >= 15 is 0 Å². The van der Waals surface area contributed by atoms with Crippen LogP contribution in [0.4, 0.5) is 4.39 Å². The first-order valence-corrected chi connectivity index (χ1v) is 10.6. The van der Waals surface area contributed by atoms with Crippen LogP contribution in [0.3, 0.4) is 0 Å². The van der Waals surface area contributed by atoms with E-state index in [0.717, 1.165) is 5.56 Å². The fourth-order valence-electron chi connectivity index (χ4n) is 2.86. The predicted molar refractivity (Wildman–Crippen MR) is 117 cm³/mol. The van der Waals surface area contributed by atoms with E-state index in [1.165, 1.54) is 31.0 Å². The van der Waals surface area contributed by atoms with Gasteiger partial charge in [-0.1, -0.05) is 42.2 Å². The Hall–Kier alpha value is -2.20. The van der Waals surface area contributed by atoms with Crippen molar-refractivity contribution < 1.29 is 23.5 Å². The van der Waals surface area contributed by atoms with Crippen LogP contribution < -0.4 is 14.9 Å². The van der Waals surface area contributed by atoms with Gasteiger partial charge in [0, 0.05) is 0 Å². The number of amides is 1. The summed E-state index contributed by atoms with van der Waals surface area (Å²) in [5.41, 5.74) is 1.50. The first-order chi connectivity index (χ1) is 14.4. The zero-order valence-corrected chi connectivity index (χ0v) is 18.2. The Kier molecular flexibility index (Phi) is 7.65. The van der Waals surface area contributed by atoms with Gasteiger partial charge in [0.2, 0.25) is 5.91 Å². The molecule has 158 valence electrons. The standard InChI is InChI=1S/C20H18ClFN2O4S2/c1-27-19(26)15(24-21)9-11-2-5-13(6-3-11)28-16-7-4-12(8-14(16)22)10-17-18(25)23-20(29)30-17/h2-8,15,17,24H,9-10H2,1H3,(H,23,25,29)/t15-,17?/m0/s1. The van der Waals surface area contributed by atoms with Crippen LogP contribution in [0.15, 0.2) is 42.5 Å². The molecule has 0 bridgehead atoms. The van der Waals surface area contributed by atoms with Crippen LogP contribution in [0.25, 0.3) is 0 Å². The molecule has 0 aliphatic carbocycles. The minimum atomic E-state index is -0.678. The number of hydrogen-bond donors (Lipinski definition) is 2. The molecule has 1 aliphatic heterocycles. The first kappa shape index (κ1) is 22.5. The van der Waals surface area contributed by atoms with Gasteiger partial charge in [0.15, 0.2) is 11.6 Å². The number of hydrogen-bond acceptors (Lipinski definition) is 7. The van der Waals surface area contributed by atoms with Crippen molar-refractivity contribution in [1.29, 1.82) is 0 Å². The summed E-state index contributed by atoms with van der Waals surface area (Å²) in [5.74, 6) is -0.651. The number of carbonyl (C=O) groups is 2. The van der Waals surface area contributed by atoms with Crippen molar-refractivity contribution in [2.75, 3.05) is 7.11 Å². The van der Waals surface area contributed by atoms with E-state index in [1.54, 1.807) is 30.3 Å². The van der Waals surface area contributed by atoms with Crippen molar-refractivity contribution in [2.45, 2.75) is 24.1 Å². The van der Waals surface area contributed by atoms with Crippen molar-refractivity contribution in [2.24, 2.45) is 0 Å². The molecule has 1 fully saturated rings. The minimum Gasteiger partial charge on any atom is -0.468 e. The van der Waals surface area contributed by atoms with Crippen molar-refractivity contribution in [3.8, 4) is 11.5 Å². The normalized spacial score (nSPS) is 16.8. The van der Waals surface area contributed by atoms with Crippen LogP contribution in [0, 0.1) is 5.82 Å². The molecule has 2 aromatic carbocycles. The summed E-state index contributed by atoms with van der Waals surface area (Å²) >= 11 is 11.8. The highest BCUT2D eigenvalue weighted by molar-refractivity contribution is 8.24. The molecule has 2 atom stereocenters. The number of nitrogens with one attached hydrogen (secondary N) is 2. The van der Waals surface area contributed by atoms with Gasteiger partial charge < -0.3 is 14.8 Å². The second kappa shape index (κ2) is 10.2. The maximum absolute atomic E-state index is 14.5. The molecule has 1 amide bonds. The number of ether oxygens (including phenoxy) is 2. The van der Waals surface area contributed by atoms with E-state index in [1.807, 2.05) is 0 Å². The van der Waals surface area contributed by atoms with E-state index in [-0.39, 0.29) is 16.9 Å². The number of rotatable bonds is 8. The van der Waals surface area contributed by atoms with Gasteiger partial charge >= 0.3 is 5.97 Å². The fourth-order valence-corrected chi connectivity index (χ4v) is 4.34. The van der Waals surface area contributed by atoms with Crippen LogP contribution in [0.2, 0.25) is 0 Å². The zero-order valence-electron chi connectivity index (χ0n) is 15.8. The third-order valence-corrected chi connectivity index (χ3v) is 6.03. The Balaban J connectivity index is 1.62. The number of methoxy groups -OCH3 is 1. The zero-order chi connectivity index (χ0) is 21.7.